The second-order valence-corrected chi connectivity index (χ2v) is 7.67. The third-order valence-corrected chi connectivity index (χ3v) is 5.04. The fraction of sp³-hybridized carbons (Fsp3) is 0.545. The lowest BCUT2D eigenvalue weighted by atomic mass is 10.2. The maximum atomic E-state index is 11.6. The van der Waals surface area contributed by atoms with Crippen molar-refractivity contribution in [2.45, 2.75) is 25.5 Å². The Labute approximate surface area is 112 Å². The van der Waals surface area contributed by atoms with Gasteiger partial charge in [0.25, 0.3) is 0 Å². The quantitative estimate of drug-likeness (QED) is 0.651. The van der Waals surface area contributed by atoms with Crippen molar-refractivity contribution in [1.82, 2.24) is 4.98 Å². The Hall–Kier alpha value is -1.70. The van der Waals surface area contributed by atoms with Gasteiger partial charge in [-0.15, -0.1) is 0 Å². The van der Waals surface area contributed by atoms with E-state index in [0.717, 1.165) is 6.26 Å². The molecule has 1 N–H and O–H groups in total. The van der Waals surface area contributed by atoms with E-state index in [1.165, 1.54) is 12.3 Å². The zero-order valence-corrected chi connectivity index (χ0v) is 12.1. The summed E-state index contributed by atoms with van der Waals surface area (Å²) in [6.45, 7) is 4.84. The van der Waals surface area contributed by atoms with Gasteiger partial charge in [-0.2, -0.15) is 0 Å². The molecule has 0 unspecified atom stereocenters. The largest absolute Gasteiger partial charge is 0.363 e. The Morgan fingerprint density at radius 3 is 2.53 bits per heavy atom. The third-order valence-electron chi connectivity index (χ3n) is 2.89. The molecule has 0 amide bonds. The smallest absolute Gasteiger partial charge is 0.311 e. The van der Waals surface area contributed by atoms with Crippen molar-refractivity contribution in [3.8, 4) is 0 Å². The second-order valence-electron chi connectivity index (χ2n) is 5.02. The standard InChI is InChI=1S/C11H17N3O4S/c1-8-5-9(14(15)16)10(12-6-8)13-7-11(2,3)19(4,17)18/h5-6H,7H2,1-4H3,(H,12,13). The molecule has 0 fully saturated rings. The van der Waals surface area contributed by atoms with Crippen molar-refractivity contribution in [2.75, 3.05) is 18.1 Å². The molecule has 0 aromatic carbocycles. The molecular formula is C11H17N3O4S. The van der Waals surface area contributed by atoms with Crippen LogP contribution in [0, 0.1) is 17.0 Å². The summed E-state index contributed by atoms with van der Waals surface area (Å²) in [6.07, 6.45) is 2.62. The molecule has 0 atom stereocenters. The van der Waals surface area contributed by atoms with Crippen LogP contribution in [0.3, 0.4) is 0 Å². The second kappa shape index (κ2) is 5.12. The first-order valence-electron chi connectivity index (χ1n) is 5.59. The highest BCUT2D eigenvalue weighted by molar-refractivity contribution is 7.92. The van der Waals surface area contributed by atoms with Gasteiger partial charge in [-0.05, 0) is 26.3 Å². The highest BCUT2D eigenvalue weighted by Crippen LogP contribution is 2.24. The van der Waals surface area contributed by atoms with Gasteiger partial charge in [0.05, 0.1) is 9.67 Å². The average Bonchev–Trinajstić information content (AvgIpc) is 2.25. The first-order valence-corrected chi connectivity index (χ1v) is 7.48. The Balaban J connectivity index is 2.99. The van der Waals surface area contributed by atoms with E-state index >= 15 is 0 Å². The molecule has 0 aliphatic rings. The summed E-state index contributed by atoms with van der Waals surface area (Å²) in [4.78, 5) is 14.3. The van der Waals surface area contributed by atoms with Crippen LogP contribution >= 0.6 is 0 Å². The van der Waals surface area contributed by atoms with Crippen LogP contribution in [0.5, 0.6) is 0 Å². The molecule has 8 heteroatoms. The Morgan fingerprint density at radius 2 is 2.05 bits per heavy atom. The molecule has 0 saturated carbocycles. The van der Waals surface area contributed by atoms with Crippen molar-refractivity contribution < 1.29 is 13.3 Å². The molecule has 0 radical (unpaired) electrons. The van der Waals surface area contributed by atoms with Crippen LogP contribution in [0.15, 0.2) is 12.3 Å². The van der Waals surface area contributed by atoms with Gasteiger partial charge in [-0.25, -0.2) is 13.4 Å². The van der Waals surface area contributed by atoms with E-state index in [1.54, 1.807) is 20.8 Å². The molecule has 0 saturated heterocycles. The highest BCUT2D eigenvalue weighted by atomic mass is 32.2. The van der Waals surface area contributed by atoms with E-state index in [0.29, 0.717) is 5.56 Å². The summed E-state index contributed by atoms with van der Waals surface area (Å²) in [5.41, 5.74) is 0.504. The van der Waals surface area contributed by atoms with E-state index < -0.39 is 19.5 Å². The minimum atomic E-state index is -3.27. The molecule has 19 heavy (non-hydrogen) atoms. The molecule has 1 heterocycles. The zero-order chi connectivity index (χ0) is 14.8. The number of rotatable bonds is 5. The fourth-order valence-corrected chi connectivity index (χ4v) is 1.59. The van der Waals surface area contributed by atoms with Gasteiger partial charge in [0.15, 0.2) is 9.84 Å². The van der Waals surface area contributed by atoms with Gasteiger partial charge in [0.1, 0.15) is 0 Å². The molecule has 1 rings (SSSR count). The number of sulfone groups is 1. The fourth-order valence-electron chi connectivity index (χ4n) is 1.26. The Kier molecular flexibility index (Phi) is 4.14. The van der Waals surface area contributed by atoms with Crippen LogP contribution in [-0.4, -0.2) is 35.9 Å². The average molecular weight is 287 g/mol. The first-order chi connectivity index (χ1) is 8.54. The monoisotopic (exact) mass is 287 g/mol. The minimum Gasteiger partial charge on any atom is -0.363 e. The minimum absolute atomic E-state index is 0.0444. The van der Waals surface area contributed by atoms with Gasteiger partial charge in [0, 0.05) is 25.1 Å². The molecule has 1 aromatic rings. The lowest BCUT2D eigenvalue weighted by Gasteiger charge is -2.22. The summed E-state index contributed by atoms with van der Waals surface area (Å²) in [5, 5.41) is 13.6. The number of hydrogen-bond acceptors (Lipinski definition) is 6. The number of aromatic nitrogens is 1. The number of aryl methyl sites for hydroxylation is 1. The lowest BCUT2D eigenvalue weighted by Crippen LogP contribution is -2.38. The topological polar surface area (TPSA) is 102 Å². The molecule has 0 aliphatic heterocycles. The maximum absolute atomic E-state index is 11.6. The van der Waals surface area contributed by atoms with E-state index in [-0.39, 0.29) is 18.1 Å². The van der Waals surface area contributed by atoms with Crippen molar-refractivity contribution in [2.24, 2.45) is 0 Å². The van der Waals surface area contributed by atoms with Crippen LogP contribution in [0.25, 0.3) is 0 Å². The van der Waals surface area contributed by atoms with Crippen LogP contribution in [0.2, 0.25) is 0 Å². The van der Waals surface area contributed by atoms with Crippen molar-refractivity contribution in [3.05, 3.63) is 27.9 Å². The van der Waals surface area contributed by atoms with E-state index in [4.69, 9.17) is 0 Å². The van der Waals surface area contributed by atoms with Gasteiger partial charge in [0.2, 0.25) is 5.82 Å². The van der Waals surface area contributed by atoms with Crippen LogP contribution < -0.4 is 5.32 Å². The van der Waals surface area contributed by atoms with E-state index in [2.05, 4.69) is 10.3 Å². The molecule has 0 bridgehead atoms. The molecule has 7 nitrogen and oxygen atoms in total. The summed E-state index contributed by atoms with van der Waals surface area (Å²) >= 11 is 0. The molecule has 0 spiro atoms. The number of nitrogens with zero attached hydrogens (tertiary/aromatic N) is 2. The van der Waals surface area contributed by atoms with Gasteiger partial charge in [-0.3, -0.25) is 10.1 Å². The summed E-state index contributed by atoms with van der Waals surface area (Å²) in [5.74, 6) is 0.0762. The Bertz CT molecular complexity index is 596. The first kappa shape index (κ1) is 15.4. The SMILES string of the molecule is Cc1cnc(NCC(C)(C)S(C)(=O)=O)c([N+](=O)[O-])c1. The van der Waals surface area contributed by atoms with Crippen molar-refractivity contribution in [1.29, 1.82) is 0 Å². The van der Waals surface area contributed by atoms with Crippen molar-refractivity contribution >= 4 is 21.3 Å². The highest BCUT2D eigenvalue weighted by Gasteiger charge is 2.31. The van der Waals surface area contributed by atoms with Crippen LogP contribution in [0.4, 0.5) is 11.5 Å². The maximum Gasteiger partial charge on any atom is 0.311 e. The van der Waals surface area contributed by atoms with Gasteiger partial charge < -0.3 is 5.32 Å². The molecule has 106 valence electrons. The van der Waals surface area contributed by atoms with Crippen LogP contribution in [-0.2, 0) is 9.84 Å². The molecule has 0 aliphatic carbocycles. The van der Waals surface area contributed by atoms with E-state index in [9.17, 15) is 18.5 Å². The summed E-state index contributed by atoms with van der Waals surface area (Å²) < 4.78 is 22.1. The van der Waals surface area contributed by atoms with Crippen molar-refractivity contribution in [3.63, 3.8) is 0 Å². The summed E-state index contributed by atoms with van der Waals surface area (Å²) in [6, 6.07) is 1.39. The number of nitrogens with one attached hydrogen (secondary N) is 1. The normalized spacial score (nSPS) is 12.2. The number of anilines is 1. The lowest BCUT2D eigenvalue weighted by molar-refractivity contribution is -0.384. The molecular weight excluding hydrogens is 270 g/mol. The number of pyridine rings is 1. The van der Waals surface area contributed by atoms with E-state index in [1.807, 2.05) is 0 Å². The van der Waals surface area contributed by atoms with Gasteiger partial charge in [-0.1, -0.05) is 0 Å². The number of hydrogen-bond donors (Lipinski definition) is 1. The Morgan fingerprint density at radius 1 is 1.47 bits per heavy atom. The number of nitro groups is 1. The van der Waals surface area contributed by atoms with Crippen LogP contribution in [0.1, 0.15) is 19.4 Å². The summed E-state index contributed by atoms with van der Waals surface area (Å²) in [7, 11) is -3.27. The van der Waals surface area contributed by atoms with Gasteiger partial charge >= 0.3 is 5.69 Å². The molecule has 1 aromatic heterocycles. The predicted octanol–water partition coefficient (Wildman–Crippen LogP) is 1.53. The zero-order valence-electron chi connectivity index (χ0n) is 11.3. The third kappa shape index (κ3) is 3.63. The predicted molar refractivity (Wildman–Crippen MR) is 73.0 cm³/mol.